The van der Waals surface area contributed by atoms with E-state index < -0.39 is 0 Å². The highest BCUT2D eigenvalue weighted by molar-refractivity contribution is 7.17. The number of ether oxygens (including phenoxy) is 2. The molecule has 0 saturated heterocycles. The SMILES string of the molecule is COc1ccc(Oc2cc(CNC(=O)c3csc4ccccc34)ccn2)cc1. The van der Waals surface area contributed by atoms with Gasteiger partial charge in [0.2, 0.25) is 5.88 Å². The number of nitrogens with zero attached hydrogens (tertiary/aromatic N) is 1. The molecule has 6 heteroatoms. The molecule has 2 heterocycles. The molecule has 0 unspecified atom stereocenters. The molecular formula is C22H18N2O3S. The van der Waals surface area contributed by atoms with Crippen LogP contribution in [0.2, 0.25) is 0 Å². The van der Waals surface area contributed by atoms with Crippen LogP contribution >= 0.6 is 11.3 Å². The number of fused-ring (bicyclic) bond motifs is 1. The van der Waals surface area contributed by atoms with Crippen molar-refractivity contribution in [3.05, 3.63) is 83.4 Å². The van der Waals surface area contributed by atoms with Crippen LogP contribution in [0.3, 0.4) is 0 Å². The lowest BCUT2D eigenvalue weighted by Gasteiger charge is -2.08. The van der Waals surface area contributed by atoms with Gasteiger partial charge in [0.25, 0.3) is 5.91 Å². The Morgan fingerprint density at radius 3 is 2.68 bits per heavy atom. The van der Waals surface area contributed by atoms with E-state index >= 15 is 0 Å². The molecule has 0 spiro atoms. The molecule has 5 nitrogen and oxygen atoms in total. The van der Waals surface area contributed by atoms with Crippen molar-refractivity contribution in [3.63, 3.8) is 0 Å². The molecule has 0 radical (unpaired) electrons. The maximum Gasteiger partial charge on any atom is 0.253 e. The first kappa shape index (κ1) is 18.0. The van der Waals surface area contributed by atoms with Crippen molar-refractivity contribution in [3.8, 4) is 17.4 Å². The maximum absolute atomic E-state index is 12.6. The Hall–Kier alpha value is -3.38. The van der Waals surface area contributed by atoms with E-state index in [0.29, 0.717) is 23.7 Å². The number of benzene rings is 2. The van der Waals surface area contributed by atoms with Gasteiger partial charge in [-0.05, 0) is 42.0 Å². The summed E-state index contributed by atoms with van der Waals surface area (Å²) in [5.74, 6) is 1.81. The second-order valence-electron chi connectivity index (χ2n) is 6.11. The highest BCUT2D eigenvalue weighted by atomic mass is 32.1. The highest BCUT2D eigenvalue weighted by Crippen LogP contribution is 2.26. The van der Waals surface area contributed by atoms with E-state index in [0.717, 1.165) is 21.4 Å². The number of aromatic nitrogens is 1. The van der Waals surface area contributed by atoms with Crippen LogP contribution in [0, 0.1) is 0 Å². The highest BCUT2D eigenvalue weighted by Gasteiger charge is 2.11. The maximum atomic E-state index is 12.6. The topological polar surface area (TPSA) is 60.5 Å². The van der Waals surface area contributed by atoms with Crippen LogP contribution in [-0.4, -0.2) is 18.0 Å². The summed E-state index contributed by atoms with van der Waals surface area (Å²) in [6.45, 7) is 0.393. The first-order valence-corrected chi connectivity index (χ1v) is 9.62. The zero-order valence-corrected chi connectivity index (χ0v) is 16.0. The average Bonchev–Trinajstić information content (AvgIpc) is 3.17. The minimum Gasteiger partial charge on any atom is -0.497 e. The second-order valence-corrected chi connectivity index (χ2v) is 7.02. The number of rotatable bonds is 6. The van der Waals surface area contributed by atoms with Crippen LogP contribution in [0.5, 0.6) is 17.4 Å². The molecule has 4 rings (SSSR count). The minimum atomic E-state index is -0.0908. The van der Waals surface area contributed by atoms with Crippen molar-refractivity contribution in [1.29, 1.82) is 0 Å². The van der Waals surface area contributed by atoms with Gasteiger partial charge in [-0.1, -0.05) is 18.2 Å². The smallest absolute Gasteiger partial charge is 0.253 e. The predicted molar refractivity (Wildman–Crippen MR) is 110 cm³/mol. The summed E-state index contributed by atoms with van der Waals surface area (Å²) in [6.07, 6.45) is 1.67. The van der Waals surface area contributed by atoms with Crippen LogP contribution in [0.1, 0.15) is 15.9 Å². The van der Waals surface area contributed by atoms with E-state index in [1.807, 2.05) is 66.0 Å². The van der Waals surface area contributed by atoms with E-state index in [2.05, 4.69) is 10.3 Å². The molecule has 0 aliphatic heterocycles. The first-order chi connectivity index (χ1) is 13.7. The third kappa shape index (κ3) is 3.97. The quantitative estimate of drug-likeness (QED) is 0.502. The molecule has 140 valence electrons. The molecule has 0 fully saturated rings. The number of thiophene rings is 1. The zero-order chi connectivity index (χ0) is 19.3. The number of hydrogen-bond donors (Lipinski definition) is 1. The van der Waals surface area contributed by atoms with Crippen molar-refractivity contribution < 1.29 is 14.3 Å². The van der Waals surface area contributed by atoms with Crippen LogP contribution < -0.4 is 14.8 Å². The molecule has 1 amide bonds. The summed E-state index contributed by atoms with van der Waals surface area (Å²) in [6, 6.07) is 18.8. The Morgan fingerprint density at radius 2 is 1.86 bits per heavy atom. The van der Waals surface area contributed by atoms with E-state index in [4.69, 9.17) is 9.47 Å². The van der Waals surface area contributed by atoms with Gasteiger partial charge in [0.1, 0.15) is 11.5 Å². The fourth-order valence-electron chi connectivity index (χ4n) is 2.81. The van der Waals surface area contributed by atoms with Gasteiger partial charge in [0, 0.05) is 34.3 Å². The van der Waals surface area contributed by atoms with E-state index in [9.17, 15) is 4.79 Å². The summed E-state index contributed by atoms with van der Waals surface area (Å²) in [5, 5.41) is 5.84. The Balaban J connectivity index is 1.42. The van der Waals surface area contributed by atoms with Crippen LogP contribution in [0.4, 0.5) is 0 Å². The van der Waals surface area contributed by atoms with Crippen LogP contribution in [-0.2, 0) is 6.54 Å². The number of hydrogen-bond acceptors (Lipinski definition) is 5. The number of carbonyl (C=O) groups is 1. The minimum absolute atomic E-state index is 0.0908. The monoisotopic (exact) mass is 390 g/mol. The van der Waals surface area contributed by atoms with Crippen LogP contribution in [0.25, 0.3) is 10.1 Å². The molecule has 0 atom stereocenters. The molecular weight excluding hydrogens is 372 g/mol. The lowest BCUT2D eigenvalue weighted by molar-refractivity contribution is 0.0953. The van der Waals surface area contributed by atoms with Gasteiger partial charge in [0.05, 0.1) is 12.7 Å². The lowest BCUT2D eigenvalue weighted by atomic mass is 10.1. The molecule has 1 N–H and O–H groups in total. The number of nitrogens with one attached hydrogen (secondary N) is 1. The summed E-state index contributed by atoms with van der Waals surface area (Å²) >= 11 is 1.57. The van der Waals surface area contributed by atoms with Gasteiger partial charge in [-0.25, -0.2) is 4.98 Å². The lowest BCUT2D eigenvalue weighted by Crippen LogP contribution is -2.22. The summed E-state index contributed by atoms with van der Waals surface area (Å²) in [7, 11) is 1.62. The van der Waals surface area contributed by atoms with Gasteiger partial charge in [-0.3, -0.25) is 4.79 Å². The Morgan fingerprint density at radius 1 is 1.07 bits per heavy atom. The van der Waals surface area contributed by atoms with E-state index in [1.165, 1.54) is 0 Å². The second kappa shape index (κ2) is 8.10. The number of amides is 1. The third-order valence-corrected chi connectivity index (χ3v) is 5.22. The molecule has 28 heavy (non-hydrogen) atoms. The molecule has 0 saturated carbocycles. The third-order valence-electron chi connectivity index (χ3n) is 4.26. The molecule has 0 bridgehead atoms. The van der Waals surface area contributed by atoms with Crippen molar-refractivity contribution in [1.82, 2.24) is 10.3 Å². The van der Waals surface area contributed by atoms with Crippen molar-refractivity contribution in [2.45, 2.75) is 6.54 Å². The van der Waals surface area contributed by atoms with E-state index in [1.54, 1.807) is 24.6 Å². The van der Waals surface area contributed by atoms with Crippen molar-refractivity contribution in [2.24, 2.45) is 0 Å². The Labute approximate surface area is 166 Å². The van der Waals surface area contributed by atoms with Gasteiger partial charge < -0.3 is 14.8 Å². The van der Waals surface area contributed by atoms with Crippen molar-refractivity contribution in [2.75, 3.05) is 7.11 Å². The Bertz CT molecular complexity index is 1110. The summed E-state index contributed by atoms with van der Waals surface area (Å²) in [4.78, 5) is 16.8. The van der Waals surface area contributed by atoms with Gasteiger partial charge in [-0.15, -0.1) is 11.3 Å². The fraction of sp³-hybridized carbons (Fsp3) is 0.0909. The molecule has 4 aromatic rings. The largest absolute Gasteiger partial charge is 0.497 e. The molecule has 0 aliphatic carbocycles. The fourth-order valence-corrected chi connectivity index (χ4v) is 3.75. The first-order valence-electron chi connectivity index (χ1n) is 8.74. The average molecular weight is 390 g/mol. The van der Waals surface area contributed by atoms with Gasteiger partial charge in [0.15, 0.2) is 0 Å². The summed E-state index contributed by atoms with van der Waals surface area (Å²) in [5.41, 5.74) is 1.61. The number of methoxy groups -OCH3 is 1. The summed E-state index contributed by atoms with van der Waals surface area (Å²) < 4.78 is 12.0. The normalized spacial score (nSPS) is 10.6. The standard InChI is InChI=1S/C22H18N2O3S/c1-26-16-6-8-17(9-7-16)27-21-12-15(10-11-23-21)13-24-22(25)19-14-28-20-5-3-2-4-18(19)20/h2-12,14H,13H2,1H3,(H,24,25). The number of carbonyl (C=O) groups excluding carboxylic acids is 1. The van der Waals surface area contributed by atoms with Gasteiger partial charge in [-0.2, -0.15) is 0 Å². The predicted octanol–water partition coefficient (Wildman–Crippen LogP) is 5.03. The van der Waals surface area contributed by atoms with Crippen LogP contribution in [0.15, 0.2) is 72.2 Å². The molecule has 2 aromatic carbocycles. The van der Waals surface area contributed by atoms with Gasteiger partial charge >= 0.3 is 0 Å². The molecule has 0 aliphatic rings. The molecule has 2 aromatic heterocycles. The van der Waals surface area contributed by atoms with E-state index in [-0.39, 0.29) is 5.91 Å². The zero-order valence-electron chi connectivity index (χ0n) is 15.2. The van der Waals surface area contributed by atoms with Crippen molar-refractivity contribution >= 4 is 27.3 Å². The Kier molecular flexibility index (Phi) is 5.21. The number of pyridine rings is 1.